The standard InChI is InChI=1S/C11H9ClOS.C8H10O/c1-13-9-5-3-2-4-8(9)10-6-7-11(12)14-10;1-7-5-3-4-6-8(7)9-2/h2-7H,1H3;3-6H,1-2H3. The zero-order valence-corrected chi connectivity index (χ0v) is 14.9. The molecule has 2 aromatic carbocycles. The minimum Gasteiger partial charge on any atom is -0.496 e. The van der Waals surface area contributed by atoms with Gasteiger partial charge in [-0.2, -0.15) is 0 Å². The largest absolute Gasteiger partial charge is 0.496 e. The Morgan fingerprint density at radius 1 is 0.783 bits per heavy atom. The molecule has 0 aliphatic rings. The Bertz CT molecular complexity index is 752. The summed E-state index contributed by atoms with van der Waals surface area (Å²) in [7, 11) is 3.36. The van der Waals surface area contributed by atoms with Crippen molar-refractivity contribution >= 4 is 22.9 Å². The van der Waals surface area contributed by atoms with E-state index in [0.29, 0.717) is 0 Å². The molecule has 0 spiro atoms. The van der Waals surface area contributed by atoms with Crippen LogP contribution in [0.3, 0.4) is 0 Å². The van der Waals surface area contributed by atoms with E-state index >= 15 is 0 Å². The molecule has 0 atom stereocenters. The number of hydrogen-bond acceptors (Lipinski definition) is 3. The minimum absolute atomic E-state index is 0.797. The predicted octanol–water partition coefficient (Wildman–Crippen LogP) is 6.08. The summed E-state index contributed by atoms with van der Waals surface area (Å²) in [5.41, 5.74) is 2.27. The molecule has 3 aromatic rings. The van der Waals surface area contributed by atoms with Crippen LogP contribution in [0.1, 0.15) is 5.56 Å². The lowest BCUT2D eigenvalue weighted by atomic mass is 10.2. The molecule has 0 aliphatic heterocycles. The van der Waals surface area contributed by atoms with E-state index in [4.69, 9.17) is 21.1 Å². The SMILES string of the molecule is COc1ccccc1-c1ccc(Cl)s1.COc1ccccc1C. The van der Waals surface area contributed by atoms with Gasteiger partial charge in [-0.1, -0.05) is 41.9 Å². The van der Waals surface area contributed by atoms with Crippen LogP contribution in [0.4, 0.5) is 0 Å². The van der Waals surface area contributed by atoms with Crippen molar-refractivity contribution in [3.63, 3.8) is 0 Å². The monoisotopic (exact) mass is 346 g/mol. The molecule has 0 bridgehead atoms. The Hall–Kier alpha value is -1.97. The van der Waals surface area contributed by atoms with Crippen LogP contribution in [0.15, 0.2) is 60.7 Å². The van der Waals surface area contributed by atoms with Gasteiger partial charge in [-0.05, 0) is 42.8 Å². The van der Waals surface area contributed by atoms with E-state index in [1.807, 2.05) is 67.6 Å². The predicted molar refractivity (Wildman–Crippen MR) is 99.0 cm³/mol. The van der Waals surface area contributed by atoms with Gasteiger partial charge in [0.2, 0.25) is 0 Å². The van der Waals surface area contributed by atoms with Gasteiger partial charge < -0.3 is 9.47 Å². The summed E-state index contributed by atoms with van der Waals surface area (Å²) < 4.78 is 11.1. The molecule has 0 radical (unpaired) electrons. The smallest absolute Gasteiger partial charge is 0.127 e. The summed E-state index contributed by atoms with van der Waals surface area (Å²) >= 11 is 7.44. The summed E-state index contributed by atoms with van der Waals surface area (Å²) in [6.45, 7) is 2.03. The van der Waals surface area contributed by atoms with Gasteiger partial charge in [-0.25, -0.2) is 0 Å². The molecule has 0 unspecified atom stereocenters. The molecular formula is C19H19ClO2S. The van der Waals surface area contributed by atoms with Crippen LogP contribution in [-0.4, -0.2) is 14.2 Å². The summed E-state index contributed by atoms with van der Waals surface area (Å²) in [6, 6.07) is 19.8. The lowest BCUT2D eigenvalue weighted by Crippen LogP contribution is -1.84. The van der Waals surface area contributed by atoms with Crippen molar-refractivity contribution in [2.75, 3.05) is 14.2 Å². The van der Waals surface area contributed by atoms with Crippen molar-refractivity contribution in [1.82, 2.24) is 0 Å². The molecule has 0 aliphatic carbocycles. The summed E-state index contributed by atoms with van der Waals surface area (Å²) in [5, 5.41) is 0. The highest BCUT2D eigenvalue weighted by Crippen LogP contribution is 2.36. The molecule has 1 heterocycles. The molecule has 0 N–H and O–H groups in total. The second-order valence-corrected chi connectivity index (χ2v) is 6.49. The third kappa shape index (κ3) is 4.75. The van der Waals surface area contributed by atoms with Gasteiger partial charge in [-0.3, -0.25) is 0 Å². The summed E-state index contributed by atoms with van der Waals surface area (Å²) in [5.74, 6) is 1.84. The molecule has 1 aromatic heterocycles. The van der Waals surface area contributed by atoms with Crippen LogP contribution >= 0.6 is 22.9 Å². The zero-order valence-electron chi connectivity index (χ0n) is 13.4. The molecule has 0 saturated carbocycles. The first-order valence-corrected chi connectivity index (χ1v) is 8.33. The number of ether oxygens (including phenoxy) is 2. The lowest BCUT2D eigenvalue weighted by Gasteiger charge is -2.04. The Morgan fingerprint density at radius 3 is 1.91 bits per heavy atom. The van der Waals surface area contributed by atoms with Crippen LogP contribution in [0.25, 0.3) is 10.4 Å². The minimum atomic E-state index is 0.797. The van der Waals surface area contributed by atoms with Gasteiger partial charge in [0.05, 0.1) is 18.6 Å². The zero-order chi connectivity index (χ0) is 16.7. The van der Waals surface area contributed by atoms with Crippen LogP contribution in [0.5, 0.6) is 11.5 Å². The Morgan fingerprint density at radius 2 is 1.39 bits per heavy atom. The van der Waals surface area contributed by atoms with E-state index in [1.165, 1.54) is 5.56 Å². The van der Waals surface area contributed by atoms with Crippen molar-refractivity contribution in [2.24, 2.45) is 0 Å². The van der Waals surface area contributed by atoms with Gasteiger partial charge in [0, 0.05) is 10.4 Å². The van der Waals surface area contributed by atoms with E-state index in [1.54, 1.807) is 25.6 Å². The first-order valence-electron chi connectivity index (χ1n) is 7.14. The second-order valence-electron chi connectivity index (χ2n) is 4.77. The Balaban J connectivity index is 0.000000185. The molecular weight excluding hydrogens is 328 g/mol. The average Bonchev–Trinajstić information content (AvgIpc) is 3.02. The van der Waals surface area contributed by atoms with Crippen molar-refractivity contribution in [1.29, 1.82) is 0 Å². The number of thiophene rings is 1. The van der Waals surface area contributed by atoms with Crippen LogP contribution in [0.2, 0.25) is 4.34 Å². The lowest BCUT2D eigenvalue weighted by molar-refractivity contribution is 0.411. The maximum Gasteiger partial charge on any atom is 0.127 e. The molecule has 0 saturated heterocycles. The molecule has 120 valence electrons. The number of benzene rings is 2. The average molecular weight is 347 g/mol. The van der Waals surface area contributed by atoms with E-state index in [-0.39, 0.29) is 0 Å². The molecule has 0 amide bonds. The van der Waals surface area contributed by atoms with Crippen LogP contribution in [-0.2, 0) is 0 Å². The molecule has 3 rings (SSSR count). The fourth-order valence-electron chi connectivity index (χ4n) is 2.09. The van der Waals surface area contributed by atoms with E-state index in [2.05, 4.69) is 0 Å². The fourth-order valence-corrected chi connectivity index (χ4v) is 3.17. The van der Waals surface area contributed by atoms with Crippen LogP contribution in [0, 0.1) is 6.92 Å². The van der Waals surface area contributed by atoms with Gasteiger partial charge in [0.25, 0.3) is 0 Å². The van der Waals surface area contributed by atoms with E-state index in [9.17, 15) is 0 Å². The number of aryl methyl sites for hydroxylation is 1. The summed E-state index contributed by atoms with van der Waals surface area (Å²) in [6.07, 6.45) is 0. The third-order valence-corrected chi connectivity index (χ3v) is 4.52. The second kappa shape index (κ2) is 8.61. The number of hydrogen-bond donors (Lipinski definition) is 0. The van der Waals surface area contributed by atoms with Crippen molar-refractivity contribution < 1.29 is 9.47 Å². The quantitative estimate of drug-likeness (QED) is 0.572. The maximum atomic E-state index is 5.88. The maximum absolute atomic E-state index is 5.88. The van der Waals surface area contributed by atoms with Crippen molar-refractivity contribution in [3.8, 4) is 21.9 Å². The molecule has 2 nitrogen and oxygen atoms in total. The number of methoxy groups -OCH3 is 2. The number of halogens is 1. The fraction of sp³-hybridized carbons (Fsp3) is 0.158. The summed E-state index contributed by atoms with van der Waals surface area (Å²) in [4.78, 5) is 1.13. The highest BCUT2D eigenvalue weighted by molar-refractivity contribution is 7.19. The molecule has 4 heteroatoms. The molecule has 0 fully saturated rings. The Kier molecular flexibility index (Phi) is 6.51. The first-order chi connectivity index (χ1) is 11.2. The van der Waals surface area contributed by atoms with Gasteiger partial charge in [-0.15, -0.1) is 11.3 Å². The van der Waals surface area contributed by atoms with E-state index < -0.39 is 0 Å². The Labute approximate surface area is 146 Å². The van der Waals surface area contributed by atoms with Crippen LogP contribution < -0.4 is 9.47 Å². The van der Waals surface area contributed by atoms with Gasteiger partial charge in [0.15, 0.2) is 0 Å². The number of para-hydroxylation sites is 2. The number of rotatable bonds is 3. The first kappa shape index (κ1) is 17.4. The van der Waals surface area contributed by atoms with Gasteiger partial charge >= 0.3 is 0 Å². The molecule has 23 heavy (non-hydrogen) atoms. The topological polar surface area (TPSA) is 18.5 Å². The van der Waals surface area contributed by atoms with Crippen molar-refractivity contribution in [3.05, 3.63) is 70.6 Å². The van der Waals surface area contributed by atoms with Crippen molar-refractivity contribution in [2.45, 2.75) is 6.92 Å². The van der Waals surface area contributed by atoms with E-state index in [0.717, 1.165) is 26.3 Å². The highest BCUT2D eigenvalue weighted by Gasteiger charge is 2.06. The van der Waals surface area contributed by atoms with Gasteiger partial charge in [0.1, 0.15) is 11.5 Å². The highest BCUT2D eigenvalue weighted by atomic mass is 35.5. The normalized spacial score (nSPS) is 9.74. The third-order valence-electron chi connectivity index (χ3n) is 3.26.